The molecule has 7 heteroatoms. The van der Waals surface area contributed by atoms with Crippen molar-refractivity contribution in [3.8, 4) is 0 Å². The first-order chi connectivity index (χ1) is 11.2. The van der Waals surface area contributed by atoms with Crippen LogP contribution in [-0.4, -0.2) is 40.1 Å². The summed E-state index contributed by atoms with van der Waals surface area (Å²) >= 11 is 1.62. The molecule has 124 valence electrons. The lowest BCUT2D eigenvalue weighted by molar-refractivity contribution is -0.135. The number of piperidine rings is 1. The standard InChI is InChI=1S/C16H21N3O3S/c1-2-14-17-15(22-18-14)11-21-12-5-3-7-19(10-12)16(20)9-13-6-4-8-23-13/h4,6,8,12H,2-3,5,7,9-11H2,1H3/t12-/m0/s1. The van der Waals surface area contributed by atoms with Gasteiger partial charge in [0.25, 0.3) is 5.89 Å². The molecule has 0 saturated carbocycles. The number of likely N-dealkylation sites (tertiary alicyclic amines) is 1. The second kappa shape index (κ2) is 7.70. The summed E-state index contributed by atoms with van der Waals surface area (Å²) in [5.74, 6) is 1.37. The van der Waals surface area contributed by atoms with Crippen molar-refractivity contribution in [3.63, 3.8) is 0 Å². The van der Waals surface area contributed by atoms with E-state index in [4.69, 9.17) is 9.26 Å². The molecule has 2 aromatic heterocycles. The van der Waals surface area contributed by atoms with Crippen LogP contribution in [-0.2, 0) is 29.0 Å². The number of hydrogen-bond donors (Lipinski definition) is 0. The van der Waals surface area contributed by atoms with E-state index in [1.807, 2.05) is 29.3 Å². The van der Waals surface area contributed by atoms with Gasteiger partial charge in [-0.15, -0.1) is 11.3 Å². The zero-order chi connectivity index (χ0) is 16.1. The Kier molecular flexibility index (Phi) is 5.40. The number of aromatic nitrogens is 2. The lowest BCUT2D eigenvalue weighted by atomic mass is 10.1. The fraction of sp³-hybridized carbons (Fsp3) is 0.562. The predicted octanol–water partition coefficient (Wildman–Crippen LogP) is 2.44. The Labute approximate surface area is 139 Å². The quantitative estimate of drug-likeness (QED) is 0.811. The molecule has 0 N–H and O–H groups in total. The van der Waals surface area contributed by atoms with Crippen LogP contribution < -0.4 is 0 Å². The number of hydrogen-bond acceptors (Lipinski definition) is 6. The third-order valence-corrected chi connectivity index (χ3v) is 4.78. The highest BCUT2D eigenvalue weighted by Crippen LogP contribution is 2.17. The maximum absolute atomic E-state index is 12.4. The Balaban J connectivity index is 1.48. The normalized spacial score (nSPS) is 18.3. The molecule has 1 aliphatic heterocycles. The minimum Gasteiger partial charge on any atom is -0.367 e. The van der Waals surface area contributed by atoms with Crippen LogP contribution in [0.4, 0.5) is 0 Å². The smallest absolute Gasteiger partial charge is 0.252 e. The van der Waals surface area contributed by atoms with Gasteiger partial charge in [-0.3, -0.25) is 4.79 Å². The first kappa shape index (κ1) is 16.1. The molecule has 0 aliphatic carbocycles. The number of ether oxygens (including phenoxy) is 1. The van der Waals surface area contributed by atoms with E-state index in [0.717, 1.165) is 30.7 Å². The summed E-state index contributed by atoms with van der Waals surface area (Å²) in [5, 5.41) is 5.85. The monoisotopic (exact) mass is 335 g/mol. The summed E-state index contributed by atoms with van der Waals surface area (Å²) in [7, 11) is 0. The number of nitrogens with zero attached hydrogens (tertiary/aromatic N) is 3. The van der Waals surface area contributed by atoms with Gasteiger partial charge in [0.2, 0.25) is 5.91 Å². The molecule has 2 aromatic rings. The van der Waals surface area contributed by atoms with Crippen molar-refractivity contribution in [2.24, 2.45) is 0 Å². The van der Waals surface area contributed by atoms with Crippen LogP contribution in [0.15, 0.2) is 22.0 Å². The van der Waals surface area contributed by atoms with Crippen molar-refractivity contribution in [2.75, 3.05) is 13.1 Å². The van der Waals surface area contributed by atoms with Crippen molar-refractivity contribution in [1.29, 1.82) is 0 Å². The highest BCUT2D eigenvalue weighted by Gasteiger charge is 2.24. The second-order valence-electron chi connectivity index (χ2n) is 5.63. The Morgan fingerprint density at radius 1 is 1.57 bits per heavy atom. The molecule has 3 rings (SSSR count). The van der Waals surface area contributed by atoms with Crippen molar-refractivity contribution < 1.29 is 14.1 Å². The summed E-state index contributed by atoms with van der Waals surface area (Å²) in [5.41, 5.74) is 0. The van der Waals surface area contributed by atoms with Gasteiger partial charge in [0.15, 0.2) is 5.82 Å². The van der Waals surface area contributed by atoms with Gasteiger partial charge >= 0.3 is 0 Å². The summed E-state index contributed by atoms with van der Waals surface area (Å²) in [6.07, 6.45) is 3.18. The molecule has 0 radical (unpaired) electrons. The molecule has 1 atom stereocenters. The van der Waals surface area contributed by atoms with Crippen LogP contribution in [0.5, 0.6) is 0 Å². The van der Waals surface area contributed by atoms with Crippen LogP contribution in [0, 0.1) is 0 Å². The van der Waals surface area contributed by atoms with Gasteiger partial charge in [0.05, 0.1) is 12.5 Å². The third kappa shape index (κ3) is 4.39. The Morgan fingerprint density at radius 3 is 3.22 bits per heavy atom. The molecule has 3 heterocycles. The Morgan fingerprint density at radius 2 is 2.48 bits per heavy atom. The summed E-state index contributed by atoms with van der Waals surface area (Å²) in [6, 6.07) is 3.98. The lowest BCUT2D eigenvalue weighted by Crippen LogP contribution is -2.43. The van der Waals surface area contributed by atoms with Gasteiger partial charge in [0.1, 0.15) is 6.61 Å². The number of amides is 1. The highest BCUT2D eigenvalue weighted by molar-refractivity contribution is 7.10. The molecular formula is C16H21N3O3S. The van der Waals surface area contributed by atoms with Crippen LogP contribution in [0.3, 0.4) is 0 Å². The maximum atomic E-state index is 12.4. The first-order valence-corrected chi connectivity index (χ1v) is 8.85. The van der Waals surface area contributed by atoms with E-state index in [1.165, 1.54) is 0 Å². The molecule has 23 heavy (non-hydrogen) atoms. The fourth-order valence-electron chi connectivity index (χ4n) is 2.66. The molecule has 0 spiro atoms. The van der Waals surface area contributed by atoms with Crippen LogP contribution >= 0.6 is 11.3 Å². The van der Waals surface area contributed by atoms with Crippen molar-refractivity contribution in [1.82, 2.24) is 15.0 Å². The largest absolute Gasteiger partial charge is 0.367 e. The first-order valence-electron chi connectivity index (χ1n) is 7.98. The van der Waals surface area contributed by atoms with Crippen molar-refractivity contribution >= 4 is 17.2 Å². The van der Waals surface area contributed by atoms with Gasteiger partial charge in [-0.1, -0.05) is 18.1 Å². The van der Waals surface area contributed by atoms with Gasteiger partial charge in [-0.25, -0.2) is 0 Å². The third-order valence-electron chi connectivity index (χ3n) is 3.91. The molecule has 0 aromatic carbocycles. The number of thiophene rings is 1. The Bertz CT molecular complexity index is 626. The van der Waals surface area contributed by atoms with Gasteiger partial charge < -0.3 is 14.2 Å². The van der Waals surface area contributed by atoms with Crippen molar-refractivity contribution in [3.05, 3.63) is 34.1 Å². The zero-order valence-electron chi connectivity index (χ0n) is 13.2. The molecule has 1 amide bonds. The van der Waals surface area contributed by atoms with Crippen LogP contribution in [0.25, 0.3) is 0 Å². The predicted molar refractivity (Wildman–Crippen MR) is 86.1 cm³/mol. The molecule has 6 nitrogen and oxygen atoms in total. The molecular weight excluding hydrogens is 314 g/mol. The topological polar surface area (TPSA) is 68.5 Å². The second-order valence-corrected chi connectivity index (χ2v) is 6.66. The van der Waals surface area contributed by atoms with E-state index in [2.05, 4.69) is 10.1 Å². The minimum absolute atomic E-state index is 0.0352. The molecule has 0 bridgehead atoms. The summed E-state index contributed by atoms with van der Waals surface area (Å²) < 4.78 is 11.0. The number of carbonyl (C=O) groups is 1. The molecule has 1 fully saturated rings. The van der Waals surface area contributed by atoms with Gasteiger partial charge in [-0.2, -0.15) is 4.98 Å². The number of aryl methyl sites for hydroxylation is 1. The van der Waals surface area contributed by atoms with E-state index in [-0.39, 0.29) is 12.0 Å². The highest BCUT2D eigenvalue weighted by atomic mass is 32.1. The van der Waals surface area contributed by atoms with Crippen molar-refractivity contribution in [2.45, 2.75) is 45.3 Å². The van der Waals surface area contributed by atoms with Gasteiger partial charge in [-0.05, 0) is 24.3 Å². The summed E-state index contributed by atoms with van der Waals surface area (Å²) in [6.45, 7) is 3.74. The fourth-order valence-corrected chi connectivity index (χ4v) is 3.35. The summed E-state index contributed by atoms with van der Waals surface area (Å²) in [4.78, 5) is 19.6. The van der Waals surface area contributed by atoms with E-state index < -0.39 is 0 Å². The average molecular weight is 335 g/mol. The van der Waals surface area contributed by atoms with E-state index in [0.29, 0.717) is 31.3 Å². The van der Waals surface area contributed by atoms with E-state index in [9.17, 15) is 4.79 Å². The van der Waals surface area contributed by atoms with Crippen LogP contribution in [0.1, 0.15) is 36.4 Å². The van der Waals surface area contributed by atoms with E-state index in [1.54, 1.807) is 11.3 Å². The average Bonchev–Trinajstić information content (AvgIpc) is 3.24. The zero-order valence-corrected chi connectivity index (χ0v) is 14.1. The maximum Gasteiger partial charge on any atom is 0.252 e. The molecule has 0 unspecified atom stereocenters. The number of carbonyl (C=O) groups excluding carboxylic acids is 1. The molecule has 1 aliphatic rings. The SMILES string of the molecule is CCc1noc(CO[C@H]2CCCN(C(=O)Cc3cccs3)C2)n1. The van der Waals surface area contributed by atoms with Gasteiger partial charge in [0, 0.05) is 24.4 Å². The van der Waals surface area contributed by atoms with E-state index >= 15 is 0 Å². The van der Waals surface area contributed by atoms with Crippen LogP contribution in [0.2, 0.25) is 0 Å². The number of rotatable bonds is 6. The molecule has 1 saturated heterocycles. The lowest BCUT2D eigenvalue weighted by Gasteiger charge is -2.32. The minimum atomic E-state index is 0.0352. The Hall–Kier alpha value is -1.73.